The summed E-state index contributed by atoms with van der Waals surface area (Å²) in [6.45, 7) is 4.85. The van der Waals surface area contributed by atoms with E-state index in [-0.39, 0.29) is 11.9 Å². The van der Waals surface area contributed by atoms with E-state index >= 15 is 0 Å². The van der Waals surface area contributed by atoms with Crippen LogP contribution in [0.15, 0.2) is 29.0 Å². The Morgan fingerprint density at radius 1 is 1.30 bits per heavy atom. The van der Waals surface area contributed by atoms with Gasteiger partial charge < -0.3 is 4.90 Å². The number of rotatable bonds is 2. The molecular formula is C17H16N2OS3. The highest BCUT2D eigenvalue weighted by Crippen LogP contribution is 2.36. The lowest BCUT2D eigenvalue weighted by Gasteiger charge is -2.33. The van der Waals surface area contributed by atoms with Crippen LogP contribution in [0.4, 0.5) is 0 Å². The third kappa shape index (κ3) is 2.55. The summed E-state index contributed by atoms with van der Waals surface area (Å²) in [5.74, 6) is 0.118. The largest absolute Gasteiger partial charge is 0.331 e. The molecule has 1 aliphatic heterocycles. The van der Waals surface area contributed by atoms with Crippen molar-refractivity contribution in [3.63, 3.8) is 0 Å². The van der Waals surface area contributed by atoms with Crippen LogP contribution in [-0.4, -0.2) is 22.3 Å². The van der Waals surface area contributed by atoms with E-state index in [1.165, 1.54) is 21.8 Å². The number of hydrogen-bond donors (Lipinski definition) is 0. The van der Waals surface area contributed by atoms with Crippen molar-refractivity contribution >= 4 is 39.9 Å². The Bertz CT molecular complexity index is 847. The lowest BCUT2D eigenvalue weighted by atomic mass is 10.0. The first-order valence-electron chi connectivity index (χ1n) is 7.53. The number of hydrogen-bond acceptors (Lipinski definition) is 5. The van der Waals surface area contributed by atoms with Crippen LogP contribution in [0.2, 0.25) is 0 Å². The van der Waals surface area contributed by atoms with Gasteiger partial charge in [-0.15, -0.1) is 34.0 Å². The number of aryl methyl sites for hydroxylation is 1. The molecule has 3 aromatic heterocycles. The number of thiophene rings is 2. The van der Waals surface area contributed by atoms with Gasteiger partial charge >= 0.3 is 0 Å². The van der Waals surface area contributed by atoms with Crippen LogP contribution in [-0.2, 0) is 6.42 Å². The van der Waals surface area contributed by atoms with E-state index in [2.05, 4.69) is 29.4 Å². The highest BCUT2D eigenvalue weighted by molar-refractivity contribution is 7.22. The number of fused-ring (bicyclic) bond motifs is 1. The third-order valence-corrected chi connectivity index (χ3v) is 7.44. The van der Waals surface area contributed by atoms with Gasteiger partial charge in [-0.25, -0.2) is 4.98 Å². The lowest BCUT2D eigenvalue weighted by molar-refractivity contribution is 0.0683. The van der Waals surface area contributed by atoms with Gasteiger partial charge in [0.1, 0.15) is 9.88 Å². The van der Waals surface area contributed by atoms with Gasteiger partial charge in [-0.05, 0) is 48.7 Å². The standard InChI is InChI=1S/C17H16N2OS3/c1-10-15(23-16(18-10)14-4-3-8-21-14)17(20)19-7-5-13-12(11(19)2)6-9-22-13/h3-4,6,8-9,11H,5,7H2,1-2H3/t11-/m0/s1. The van der Waals surface area contributed by atoms with Gasteiger partial charge in [0.05, 0.1) is 16.6 Å². The summed E-state index contributed by atoms with van der Waals surface area (Å²) in [4.78, 5) is 23.0. The van der Waals surface area contributed by atoms with E-state index in [0.29, 0.717) is 0 Å². The monoisotopic (exact) mass is 360 g/mol. The maximum Gasteiger partial charge on any atom is 0.266 e. The van der Waals surface area contributed by atoms with Crippen molar-refractivity contribution in [2.75, 3.05) is 6.54 Å². The van der Waals surface area contributed by atoms with Crippen molar-refractivity contribution < 1.29 is 4.79 Å². The van der Waals surface area contributed by atoms with Crippen LogP contribution in [0.3, 0.4) is 0 Å². The number of carbonyl (C=O) groups is 1. The second-order valence-electron chi connectivity index (χ2n) is 5.63. The fraction of sp³-hybridized carbons (Fsp3) is 0.294. The first-order chi connectivity index (χ1) is 11.1. The van der Waals surface area contributed by atoms with E-state index in [1.54, 1.807) is 22.7 Å². The van der Waals surface area contributed by atoms with Gasteiger partial charge in [0, 0.05) is 11.4 Å². The minimum absolute atomic E-state index is 0.118. The summed E-state index contributed by atoms with van der Waals surface area (Å²) in [5.41, 5.74) is 2.14. The van der Waals surface area contributed by atoms with Gasteiger partial charge in [-0.2, -0.15) is 0 Å². The Balaban J connectivity index is 1.65. The zero-order valence-corrected chi connectivity index (χ0v) is 15.4. The summed E-state index contributed by atoms with van der Waals surface area (Å²) in [6, 6.07) is 6.37. The number of nitrogens with zero attached hydrogens (tertiary/aromatic N) is 2. The molecule has 1 aliphatic rings. The Morgan fingerprint density at radius 3 is 2.96 bits per heavy atom. The molecule has 0 N–H and O–H groups in total. The molecule has 1 atom stereocenters. The molecule has 0 aromatic carbocycles. The quantitative estimate of drug-likeness (QED) is 0.644. The predicted molar refractivity (Wildman–Crippen MR) is 97.6 cm³/mol. The van der Waals surface area contributed by atoms with Crippen LogP contribution in [0.1, 0.15) is 38.8 Å². The Kier molecular flexibility index (Phi) is 3.83. The fourth-order valence-corrected chi connectivity index (χ4v) is 5.80. The summed E-state index contributed by atoms with van der Waals surface area (Å²) in [6.07, 6.45) is 0.957. The highest BCUT2D eigenvalue weighted by Gasteiger charge is 2.31. The molecule has 1 amide bonds. The minimum Gasteiger partial charge on any atom is -0.331 e. The molecule has 0 fully saturated rings. The zero-order chi connectivity index (χ0) is 16.0. The topological polar surface area (TPSA) is 33.2 Å². The van der Waals surface area contributed by atoms with Crippen LogP contribution >= 0.6 is 34.0 Å². The first kappa shape index (κ1) is 15.1. The van der Waals surface area contributed by atoms with Crippen molar-refractivity contribution in [2.24, 2.45) is 0 Å². The van der Waals surface area contributed by atoms with Crippen molar-refractivity contribution in [3.05, 3.63) is 50.0 Å². The van der Waals surface area contributed by atoms with Gasteiger partial charge in [0.25, 0.3) is 5.91 Å². The number of amides is 1. The predicted octanol–water partition coefficient (Wildman–Crippen LogP) is 5.00. The maximum absolute atomic E-state index is 13.0. The second kappa shape index (κ2) is 5.85. The second-order valence-corrected chi connectivity index (χ2v) is 8.58. The van der Waals surface area contributed by atoms with E-state index < -0.39 is 0 Å². The summed E-state index contributed by atoms with van der Waals surface area (Å²) >= 11 is 4.98. The maximum atomic E-state index is 13.0. The van der Waals surface area contributed by atoms with E-state index in [9.17, 15) is 4.79 Å². The van der Waals surface area contributed by atoms with E-state index in [1.807, 2.05) is 23.3 Å². The first-order valence-corrected chi connectivity index (χ1v) is 10.1. The van der Waals surface area contributed by atoms with Crippen molar-refractivity contribution in [3.8, 4) is 9.88 Å². The normalized spacial score (nSPS) is 17.3. The molecule has 118 valence electrons. The molecule has 3 aromatic rings. The van der Waals surface area contributed by atoms with E-state index in [4.69, 9.17) is 0 Å². The van der Waals surface area contributed by atoms with Gasteiger partial charge in [-0.3, -0.25) is 4.79 Å². The SMILES string of the molecule is Cc1nc(-c2cccs2)sc1C(=O)N1CCc2sccc2[C@@H]1C. The molecule has 23 heavy (non-hydrogen) atoms. The van der Waals surface area contributed by atoms with Crippen molar-refractivity contribution in [1.82, 2.24) is 9.88 Å². The summed E-state index contributed by atoms with van der Waals surface area (Å²) in [5, 5.41) is 5.11. The molecule has 0 aliphatic carbocycles. The summed E-state index contributed by atoms with van der Waals surface area (Å²) < 4.78 is 0. The number of carbonyl (C=O) groups excluding carboxylic acids is 1. The van der Waals surface area contributed by atoms with Crippen molar-refractivity contribution in [2.45, 2.75) is 26.3 Å². The average Bonchev–Trinajstić information content (AvgIpc) is 3.27. The molecule has 0 radical (unpaired) electrons. The Morgan fingerprint density at radius 2 is 2.17 bits per heavy atom. The Hall–Kier alpha value is -1.50. The minimum atomic E-state index is 0.118. The molecule has 4 rings (SSSR count). The molecule has 3 nitrogen and oxygen atoms in total. The molecule has 0 saturated carbocycles. The fourth-order valence-electron chi connectivity index (χ4n) is 3.02. The molecule has 0 spiro atoms. The number of aromatic nitrogens is 1. The average molecular weight is 361 g/mol. The molecule has 4 heterocycles. The zero-order valence-electron chi connectivity index (χ0n) is 12.9. The Labute approximate surface area is 147 Å². The smallest absolute Gasteiger partial charge is 0.266 e. The molecule has 0 saturated heterocycles. The van der Waals surface area contributed by atoms with Gasteiger partial charge in [0.2, 0.25) is 0 Å². The van der Waals surface area contributed by atoms with Crippen LogP contribution < -0.4 is 0 Å². The van der Waals surface area contributed by atoms with Crippen LogP contribution in [0.5, 0.6) is 0 Å². The molecule has 6 heteroatoms. The molecule has 0 bridgehead atoms. The third-order valence-electron chi connectivity index (χ3n) is 4.26. The van der Waals surface area contributed by atoms with Crippen molar-refractivity contribution in [1.29, 1.82) is 0 Å². The summed E-state index contributed by atoms with van der Waals surface area (Å²) in [7, 11) is 0. The lowest BCUT2D eigenvalue weighted by Crippen LogP contribution is -2.38. The highest BCUT2D eigenvalue weighted by atomic mass is 32.1. The van der Waals surface area contributed by atoms with Crippen LogP contribution in [0, 0.1) is 6.92 Å². The molecular weight excluding hydrogens is 344 g/mol. The van der Waals surface area contributed by atoms with Gasteiger partial charge in [-0.1, -0.05) is 6.07 Å². The van der Waals surface area contributed by atoms with Gasteiger partial charge in [0.15, 0.2) is 0 Å². The number of thiazole rings is 1. The van der Waals surface area contributed by atoms with E-state index in [0.717, 1.165) is 33.4 Å². The molecule has 0 unspecified atom stereocenters. The van der Waals surface area contributed by atoms with Crippen LogP contribution in [0.25, 0.3) is 9.88 Å².